The first-order valence-corrected chi connectivity index (χ1v) is 6.16. The SMILES string of the molecule is N#Cc1ccc2c(c1)C(=O)N(C(CCC=O)C(N)=O)C2=O. The summed E-state index contributed by atoms with van der Waals surface area (Å²) < 4.78 is 0. The summed E-state index contributed by atoms with van der Waals surface area (Å²) in [5, 5.41) is 8.83. The lowest BCUT2D eigenvalue weighted by atomic mass is 10.1. The van der Waals surface area contributed by atoms with Crippen LogP contribution in [0.5, 0.6) is 0 Å². The van der Waals surface area contributed by atoms with Gasteiger partial charge in [-0.3, -0.25) is 19.3 Å². The fourth-order valence-corrected chi connectivity index (χ4v) is 2.24. The Morgan fingerprint density at radius 1 is 1.33 bits per heavy atom. The first kappa shape index (κ1) is 14.4. The highest BCUT2D eigenvalue weighted by molar-refractivity contribution is 6.23. The highest BCUT2D eigenvalue weighted by Gasteiger charge is 2.41. The summed E-state index contributed by atoms with van der Waals surface area (Å²) in [6.45, 7) is 0. The molecule has 1 aliphatic rings. The van der Waals surface area contributed by atoms with Crippen LogP contribution in [0.15, 0.2) is 18.2 Å². The van der Waals surface area contributed by atoms with Gasteiger partial charge < -0.3 is 10.5 Å². The summed E-state index contributed by atoms with van der Waals surface area (Å²) >= 11 is 0. The Morgan fingerprint density at radius 3 is 2.57 bits per heavy atom. The Hall–Kier alpha value is -3.01. The molecule has 0 bridgehead atoms. The lowest BCUT2D eigenvalue weighted by Crippen LogP contribution is -2.47. The van der Waals surface area contributed by atoms with Gasteiger partial charge in [0.1, 0.15) is 12.3 Å². The molecule has 1 heterocycles. The van der Waals surface area contributed by atoms with Gasteiger partial charge in [-0.2, -0.15) is 5.26 Å². The number of nitriles is 1. The van der Waals surface area contributed by atoms with Crippen LogP contribution in [-0.2, 0) is 9.59 Å². The highest BCUT2D eigenvalue weighted by atomic mass is 16.2. The van der Waals surface area contributed by atoms with Crippen molar-refractivity contribution in [2.45, 2.75) is 18.9 Å². The summed E-state index contributed by atoms with van der Waals surface area (Å²) in [7, 11) is 0. The van der Waals surface area contributed by atoms with Gasteiger partial charge in [0.25, 0.3) is 11.8 Å². The molecule has 2 rings (SSSR count). The van der Waals surface area contributed by atoms with Gasteiger partial charge >= 0.3 is 0 Å². The van der Waals surface area contributed by atoms with E-state index in [1.54, 1.807) is 0 Å². The molecule has 0 aromatic heterocycles. The Balaban J connectivity index is 2.42. The molecule has 0 saturated heterocycles. The monoisotopic (exact) mass is 285 g/mol. The number of primary amides is 1. The van der Waals surface area contributed by atoms with Crippen molar-refractivity contribution in [3.05, 3.63) is 34.9 Å². The normalized spacial score (nSPS) is 14.5. The number of amides is 3. The van der Waals surface area contributed by atoms with Crippen molar-refractivity contribution in [1.82, 2.24) is 4.90 Å². The largest absolute Gasteiger partial charge is 0.368 e. The molecule has 0 radical (unpaired) electrons. The third-order valence-corrected chi connectivity index (χ3v) is 3.25. The zero-order valence-electron chi connectivity index (χ0n) is 10.9. The number of hydrogen-bond acceptors (Lipinski definition) is 5. The van der Waals surface area contributed by atoms with Crippen molar-refractivity contribution >= 4 is 24.0 Å². The zero-order valence-corrected chi connectivity index (χ0v) is 10.9. The Morgan fingerprint density at radius 2 is 2.00 bits per heavy atom. The molecule has 1 aliphatic heterocycles. The second-order valence-corrected chi connectivity index (χ2v) is 4.51. The first-order valence-electron chi connectivity index (χ1n) is 6.16. The number of hydrogen-bond donors (Lipinski definition) is 1. The van der Waals surface area contributed by atoms with Crippen LogP contribution < -0.4 is 5.73 Å². The van der Waals surface area contributed by atoms with E-state index in [2.05, 4.69) is 0 Å². The fraction of sp³-hybridized carbons (Fsp3) is 0.214. The molecule has 1 aromatic rings. The first-order chi connectivity index (χ1) is 10.0. The van der Waals surface area contributed by atoms with E-state index in [1.165, 1.54) is 18.2 Å². The van der Waals surface area contributed by atoms with E-state index >= 15 is 0 Å². The number of fused-ring (bicyclic) bond motifs is 1. The van der Waals surface area contributed by atoms with Gasteiger partial charge in [0.15, 0.2) is 0 Å². The molecule has 2 N–H and O–H groups in total. The minimum absolute atomic E-state index is 0.00442. The molecule has 21 heavy (non-hydrogen) atoms. The summed E-state index contributed by atoms with van der Waals surface area (Å²) in [6.07, 6.45) is 0.571. The lowest BCUT2D eigenvalue weighted by molar-refractivity contribution is -0.122. The molecular formula is C14H11N3O4. The number of nitrogens with two attached hydrogens (primary N) is 1. The molecule has 0 saturated carbocycles. The average molecular weight is 285 g/mol. The second-order valence-electron chi connectivity index (χ2n) is 4.51. The predicted octanol–water partition coefficient (Wildman–Crippen LogP) is -0.0127. The second kappa shape index (κ2) is 5.54. The third kappa shape index (κ3) is 2.39. The third-order valence-electron chi connectivity index (χ3n) is 3.25. The van der Waals surface area contributed by atoms with E-state index in [-0.39, 0.29) is 29.5 Å². The van der Waals surface area contributed by atoms with Crippen LogP contribution in [0, 0.1) is 11.3 Å². The number of benzene rings is 1. The maximum atomic E-state index is 12.3. The molecule has 0 aliphatic carbocycles. The molecule has 7 nitrogen and oxygen atoms in total. The molecule has 1 atom stereocenters. The summed E-state index contributed by atoms with van der Waals surface area (Å²) in [5.74, 6) is -2.18. The maximum absolute atomic E-state index is 12.3. The average Bonchev–Trinajstić information content (AvgIpc) is 2.72. The fourth-order valence-electron chi connectivity index (χ4n) is 2.24. The van der Waals surface area contributed by atoms with Gasteiger partial charge in [-0.05, 0) is 24.6 Å². The molecule has 1 aromatic carbocycles. The van der Waals surface area contributed by atoms with Crippen molar-refractivity contribution < 1.29 is 19.2 Å². The number of nitrogens with zero attached hydrogens (tertiary/aromatic N) is 2. The number of rotatable bonds is 5. The minimum Gasteiger partial charge on any atom is -0.368 e. The molecule has 7 heteroatoms. The predicted molar refractivity (Wildman–Crippen MR) is 69.9 cm³/mol. The quantitative estimate of drug-likeness (QED) is 0.602. The zero-order chi connectivity index (χ0) is 15.6. The summed E-state index contributed by atoms with van der Waals surface area (Å²) in [5.41, 5.74) is 5.64. The van der Waals surface area contributed by atoms with Gasteiger partial charge in [-0.1, -0.05) is 0 Å². The van der Waals surface area contributed by atoms with Crippen molar-refractivity contribution in [2.24, 2.45) is 5.73 Å². The van der Waals surface area contributed by atoms with Crippen molar-refractivity contribution in [3.8, 4) is 6.07 Å². The number of carbonyl (C=O) groups is 4. The van der Waals surface area contributed by atoms with E-state index in [9.17, 15) is 19.2 Å². The Labute approximate surface area is 119 Å². The highest BCUT2D eigenvalue weighted by Crippen LogP contribution is 2.26. The van der Waals surface area contributed by atoms with Crippen molar-refractivity contribution in [1.29, 1.82) is 5.26 Å². The molecule has 106 valence electrons. The topological polar surface area (TPSA) is 121 Å². The van der Waals surface area contributed by atoms with E-state index in [0.717, 1.165) is 4.90 Å². The molecule has 0 spiro atoms. The van der Waals surface area contributed by atoms with Crippen LogP contribution in [0.1, 0.15) is 39.1 Å². The van der Waals surface area contributed by atoms with Gasteiger partial charge in [-0.15, -0.1) is 0 Å². The summed E-state index contributed by atoms with van der Waals surface area (Å²) in [6, 6.07) is 4.78. The van der Waals surface area contributed by atoms with Crippen LogP contribution in [0.2, 0.25) is 0 Å². The van der Waals surface area contributed by atoms with Crippen LogP contribution in [0.3, 0.4) is 0 Å². The van der Waals surface area contributed by atoms with Crippen molar-refractivity contribution in [3.63, 3.8) is 0 Å². The number of aldehydes is 1. The van der Waals surface area contributed by atoms with Crippen LogP contribution in [0.4, 0.5) is 0 Å². The van der Waals surface area contributed by atoms with Crippen molar-refractivity contribution in [2.75, 3.05) is 0 Å². The Kier molecular flexibility index (Phi) is 3.80. The summed E-state index contributed by atoms with van der Waals surface area (Å²) in [4.78, 5) is 47.2. The van der Waals surface area contributed by atoms with Crippen LogP contribution in [0.25, 0.3) is 0 Å². The number of carbonyl (C=O) groups excluding carboxylic acids is 4. The standard InChI is InChI=1S/C14H11N3O4/c15-7-8-3-4-9-10(6-8)14(21)17(13(9)20)11(12(16)19)2-1-5-18/h3-6,11H,1-2H2,(H2,16,19). The van der Waals surface area contributed by atoms with Gasteiger partial charge in [0.05, 0.1) is 22.8 Å². The van der Waals surface area contributed by atoms with Gasteiger partial charge in [0.2, 0.25) is 5.91 Å². The molecule has 3 amide bonds. The van der Waals surface area contributed by atoms with Crippen LogP contribution in [-0.4, -0.2) is 34.9 Å². The van der Waals surface area contributed by atoms with Gasteiger partial charge in [-0.25, -0.2) is 0 Å². The molecule has 0 fully saturated rings. The molecule has 1 unspecified atom stereocenters. The number of imide groups is 1. The smallest absolute Gasteiger partial charge is 0.262 e. The minimum atomic E-state index is -1.17. The van der Waals surface area contributed by atoms with Crippen LogP contribution >= 0.6 is 0 Å². The van der Waals surface area contributed by atoms with E-state index < -0.39 is 23.8 Å². The van der Waals surface area contributed by atoms with Gasteiger partial charge in [0, 0.05) is 6.42 Å². The van der Waals surface area contributed by atoms with E-state index in [4.69, 9.17) is 11.0 Å². The molecular weight excluding hydrogens is 274 g/mol. The van der Waals surface area contributed by atoms with E-state index in [0.29, 0.717) is 6.29 Å². The Bertz CT molecular complexity index is 690. The maximum Gasteiger partial charge on any atom is 0.262 e. The van der Waals surface area contributed by atoms with E-state index in [1.807, 2.05) is 6.07 Å². The lowest BCUT2D eigenvalue weighted by Gasteiger charge is -2.22.